The molecular formula is C17H30N2O2. The highest BCUT2D eigenvalue weighted by Crippen LogP contribution is 2.28. The van der Waals surface area contributed by atoms with Gasteiger partial charge in [0.05, 0.1) is 12.5 Å². The van der Waals surface area contributed by atoms with E-state index in [0.29, 0.717) is 6.42 Å². The number of nitrogens with one attached hydrogen (secondary N) is 1. The lowest BCUT2D eigenvalue weighted by Crippen LogP contribution is -2.43. The summed E-state index contributed by atoms with van der Waals surface area (Å²) in [5.74, 6) is 0.894. The summed E-state index contributed by atoms with van der Waals surface area (Å²) in [7, 11) is 0. The molecular weight excluding hydrogens is 264 g/mol. The number of carbonyl (C=O) groups excluding carboxylic acids is 2. The van der Waals surface area contributed by atoms with Gasteiger partial charge in [0.1, 0.15) is 0 Å². The third-order valence-corrected chi connectivity index (χ3v) is 5.15. The van der Waals surface area contributed by atoms with Crippen molar-refractivity contribution in [2.45, 2.75) is 83.7 Å². The number of amides is 2. The smallest absolute Gasteiger partial charge is 0.247 e. The van der Waals surface area contributed by atoms with Crippen LogP contribution >= 0.6 is 0 Å². The lowest BCUT2D eigenvalue weighted by Gasteiger charge is -2.24. The van der Waals surface area contributed by atoms with E-state index in [-0.39, 0.29) is 23.9 Å². The predicted molar refractivity (Wildman–Crippen MR) is 83.8 cm³/mol. The van der Waals surface area contributed by atoms with Crippen molar-refractivity contribution in [1.29, 1.82) is 0 Å². The van der Waals surface area contributed by atoms with Crippen molar-refractivity contribution in [3.05, 3.63) is 0 Å². The zero-order valence-corrected chi connectivity index (χ0v) is 13.6. The van der Waals surface area contributed by atoms with Gasteiger partial charge < -0.3 is 5.32 Å². The Morgan fingerprint density at radius 1 is 1.19 bits per heavy atom. The maximum atomic E-state index is 12.4. The highest BCUT2D eigenvalue weighted by Gasteiger charge is 2.40. The fourth-order valence-corrected chi connectivity index (χ4v) is 3.81. The Balaban J connectivity index is 1.74. The van der Waals surface area contributed by atoms with Gasteiger partial charge in [0.2, 0.25) is 11.8 Å². The van der Waals surface area contributed by atoms with Crippen molar-refractivity contribution in [2.24, 2.45) is 5.92 Å². The van der Waals surface area contributed by atoms with Crippen molar-refractivity contribution in [3.63, 3.8) is 0 Å². The summed E-state index contributed by atoms with van der Waals surface area (Å²) < 4.78 is 0. The standard InChI is InChI=1S/C17H30N2O2/c1-3-14(4-2)19-16(20)12-15(17(19)21)18-11-7-10-13-8-5-6-9-13/h13-15,18H,3-12H2,1-2H3. The lowest BCUT2D eigenvalue weighted by atomic mass is 10.0. The molecule has 2 rings (SSSR count). The third-order valence-electron chi connectivity index (χ3n) is 5.15. The van der Waals surface area contributed by atoms with Crippen LogP contribution < -0.4 is 5.32 Å². The van der Waals surface area contributed by atoms with E-state index in [0.717, 1.165) is 31.7 Å². The number of likely N-dealkylation sites (tertiary alicyclic amines) is 1. The highest BCUT2D eigenvalue weighted by atomic mass is 16.2. The van der Waals surface area contributed by atoms with Gasteiger partial charge in [-0.2, -0.15) is 0 Å². The van der Waals surface area contributed by atoms with Crippen LogP contribution in [0.2, 0.25) is 0 Å². The van der Waals surface area contributed by atoms with Gasteiger partial charge in [-0.25, -0.2) is 0 Å². The van der Waals surface area contributed by atoms with Gasteiger partial charge >= 0.3 is 0 Å². The highest BCUT2D eigenvalue weighted by molar-refractivity contribution is 6.05. The molecule has 1 unspecified atom stereocenters. The average Bonchev–Trinajstić information content (AvgIpc) is 3.08. The summed E-state index contributed by atoms with van der Waals surface area (Å²) in [5.41, 5.74) is 0. The largest absolute Gasteiger partial charge is 0.305 e. The maximum Gasteiger partial charge on any atom is 0.247 e. The first-order valence-electron chi connectivity index (χ1n) is 8.76. The molecule has 0 aromatic rings. The van der Waals surface area contributed by atoms with E-state index < -0.39 is 0 Å². The Labute approximate surface area is 128 Å². The fraction of sp³-hybridized carbons (Fsp3) is 0.882. The minimum absolute atomic E-state index is 0.00185. The van der Waals surface area contributed by atoms with Gasteiger partial charge in [-0.3, -0.25) is 14.5 Å². The van der Waals surface area contributed by atoms with E-state index in [4.69, 9.17) is 0 Å². The van der Waals surface area contributed by atoms with Crippen LogP contribution in [0.3, 0.4) is 0 Å². The van der Waals surface area contributed by atoms with Gasteiger partial charge in [-0.15, -0.1) is 0 Å². The van der Waals surface area contributed by atoms with Gasteiger partial charge in [-0.05, 0) is 38.1 Å². The zero-order chi connectivity index (χ0) is 15.2. The number of hydrogen-bond acceptors (Lipinski definition) is 3. The molecule has 1 aliphatic carbocycles. The molecule has 1 saturated carbocycles. The zero-order valence-electron chi connectivity index (χ0n) is 13.6. The molecule has 0 aromatic heterocycles. The molecule has 1 heterocycles. The molecule has 1 N–H and O–H groups in total. The topological polar surface area (TPSA) is 49.4 Å². The summed E-state index contributed by atoms with van der Waals surface area (Å²) in [6, 6.07) is -0.197. The summed E-state index contributed by atoms with van der Waals surface area (Å²) in [4.78, 5) is 25.9. The Kier molecular flexibility index (Phi) is 6.22. The van der Waals surface area contributed by atoms with E-state index in [1.807, 2.05) is 13.8 Å². The van der Waals surface area contributed by atoms with E-state index in [9.17, 15) is 9.59 Å². The Morgan fingerprint density at radius 2 is 1.86 bits per heavy atom. The lowest BCUT2D eigenvalue weighted by molar-refractivity contribution is -0.141. The molecule has 0 aromatic carbocycles. The van der Waals surface area contributed by atoms with Gasteiger partial charge in [-0.1, -0.05) is 39.5 Å². The van der Waals surface area contributed by atoms with Crippen LogP contribution in [0.5, 0.6) is 0 Å². The molecule has 0 radical (unpaired) electrons. The van der Waals surface area contributed by atoms with Crippen molar-refractivity contribution >= 4 is 11.8 Å². The van der Waals surface area contributed by atoms with E-state index >= 15 is 0 Å². The van der Waals surface area contributed by atoms with Crippen LogP contribution in [0.1, 0.15) is 71.6 Å². The first-order valence-corrected chi connectivity index (χ1v) is 8.76. The van der Waals surface area contributed by atoms with Crippen LogP contribution in [0.4, 0.5) is 0 Å². The van der Waals surface area contributed by atoms with Gasteiger partial charge in [0.25, 0.3) is 0 Å². The van der Waals surface area contributed by atoms with Crippen LogP contribution in [-0.4, -0.2) is 35.3 Å². The number of hydrogen-bond donors (Lipinski definition) is 1. The van der Waals surface area contributed by atoms with E-state index in [1.54, 1.807) is 0 Å². The van der Waals surface area contributed by atoms with Crippen molar-refractivity contribution in [3.8, 4) is 0 Å². The first kappa shape index (κ1) is 16.5. The summed E-state index contributed by atoms with van der Waals surface area (Å²) in [5, 5.41) is 3.31. The van der Waals surface area contributed by atoms with Crippen molar-refractivity contribution < 1.29 is 9.59 Å². The van der Waals surface area contributed by atoms with Crippen LogP contribution in [0.15, 0.2) is 0 Å². The van der Waals surface area contributed by atoms with Crippen LogP contribution in [0, 0.1) is 5.92 Å². The molecule has 120 valence electrons. The summed E-state index contributed by atoms with van der Waals surface area (Å²) >= 11 is 0. The minimum atomic E-state index is -0.276. The molecule has 2 aliphatic rings. The Morgan fingerprint density at radius 3 is 2.48 bits per heavy atom. The molecule has 0 bridgehead atoms. The van der Waals surface area contributed by atoms with Crippen molar-refractivity contribution in [1.82, 2.24) is 10.2 Å². The molecule has 4 nitrogen and oxygen atoms in total. The van der Waals surface area contributed by atoms with Gasteiger partial charge in [0.15, 0.2) is 0 Å². The average molecular weight is 294 g/mol. The number of carbonyl (C=O) groups is 2. The Bertz CT molecular complexity index is 360. The molecule has 0 spiro atoms. The SMILES string of the molecule is CCC(CC)N1C(=O)CC(NCCCC2CCCC2)C1=O. The molecule has 4 heteroatoms. The quantitative estimate of drug-likeness (QED) is 0.553. The monoisotopic (exact) mass is 294 g/mol. The molecule has 2 amide bonds. The maximum absolute atomic E-state index is 12.4. The molecule has 2 fully saturated rings. The van der Waals surface area contributed by atoms with E-state index in [1.165, 1.54) is 37.0 Å². The Hall–Kier alpha value is -0.900. The second kappa shape index (κ2) is 7.92. The molecule has 1 aliphatic heterocycles. The number of nitrogens with zero attached hydrogens (tertiary/aromatic N) is 1. The molecule has 1 atom stereocenters. The second-order valence-electron chi connectivity index (χ2n) is 6.58. The van der Waals surface area contributed by atoms with Crippen LogP contribution in [0.25, 0.3) is 0 Å². The molecule has 1 saturated heterocycles. The molecule has 21 heavy (non-hydrogen) atoms. The third kappa shape index (κ3) is 4.06. The minimum Gasteiger partial charge on any atom is -0.305 e. The van der Waals surface area contributed by atoms with Gasteiger partial charge in [0, 0.05) is 6.04 Å². The van der Waals surface area contributed by atoms with E-state index in [2.05, 4.69) is 5.32 Å². The summed E-state index contributed by atoms with van der Waals surface area (Å²) in [6.07, 6.45) is 9.96. The van der Waals surface area contributed by atoms with Crippen LogP contribution in [-0.2, 0) is 9.59 Å². The number of imide groups is 1. The predicted octanol–water partition coefficient (Wildman–Crippen LogP) is 2.86. The van der Waals surface area contributed by atoms with Crippen molar-refractivity contribution in [2.75, 3.05) is 6.54 Å². The normalized spacial score (nSPS) is 23.8. The fourth-order valence-electron chi connectivity index (χ4n) is 3.81. The number of rotatable bonds is 8. The second-order valence-corrected chi connectivity index (χ2v) is 6.58. The first-order chi connectivity index (χ1) is 10.2. The summed E-state index contributed by atoms with van der Waals surface area (Å²) in [6.45, 7) is 4.94.